The predicted octanol–water partition coefficient (Wildman–Crippen LogP) is 5.20. The molecule has 10 heteroatoms. The van der Waals surface area contributed by atoms with Crippen molar-refractivity contribution in [1.29, 1.82) is 0 Å². The highest BCUT2D eigenvalue weighted by Gasteiger charge is 2.31. The summed E-state index contributed by atoms with van der Waals surface area (Å²) in [5.41, 5.74) is 13.2. The van der Waals surface area contributed by atoms with Crippen LogP contribution in [0.3, 0.4) is 0 Å². The molecule has 2 aliphatic rings. The number of aromatic nitrogens is 3. The molecule has 6 rings (SSSR count). The number of carbonyl (C=O) groups is 1. The van der Waals surface area contributed by atoms with Gasteiger partial charge in [-0.3, -0.25) is 15.3 Å². The van der Waals surface area contributed by atoms with Crippen molar-refractivity contribution in [3.8, 4) is 0 Å². The summed E-state index contributed by atoms with van der Waals surface area (Å²) in [6, 6.07) is 16.6. The smallest absolute Gasteiger partial charge is 0.413 e. The lowest BCUT2D eigenvalue weighted by Crippen LogP contribution is -2.34. The van der Waals surface area contributed by atoms with Crippen LogP contribution in [0.1, 0.15) is 50.8 Å². The molecule has 0 aliphatic carbocycles. The van der Waals surface area contributed by atoms with Crippen molar-refractivity contribution < 1.29 is 14.3 Å². The number of rotatable bonds is 6. The molecule has 5 heterocycles. The summed E-state index contributed by atoms with van der Waals surface area (Å²) in [5, 5.41) is 5.69. The van der Waals surface area contributed by atoms with Gasteiger partial charge in [-0.05, 0) is 63.3 Å². The van der Waals surface area contributed by atoms with Crippen LogP contribution in [0.25, 0.3) is 27.8 Å². The number of nitrogens with zero attached hydrogens (tertiary/aromatic N) is 4. The maximum atomic E-state index is 12.4. The average Bonchev–Trinajstić information content (AvgIpc) is 3.45. The Bertz CT molecular complexity index is 1570. The molecule has 0 saturated carbocycles. The maximum Gasteiger partial charge on any atom is 0.413 e. The summed E-state index contributed by atoms with van der Waals surface area (Å²) >= 11 is 0. The van der Waals surface area contributed by atoms with Crippen molar-refractivity contribution in [1.82, 2.24) is 30.5 Å². The lowest BCUT2D eigenvalue weighted by molar-refractivity contribution is 0.0552. The molecule has 1 fully saturated rings. The lowest BCUT2D eigenvalue weighted by atomic mass is 9.86. The number of allylic oxidation sites excluding steroid dienone is 1. The van der Waals surface area contributed by atoms with E-state index in [0.717, 1.165) is 65.1 Å². The summed E-state index contributed by atoms with van der Waals surface area (Å²) in [5.74, 6) is 0.769. The van der Waals surface area contributed by atoms with E-state index in [0.29, 0.717) is 11.7 Å². The van der Waals surface area contributed by atoms with E-state index < -0.39 is 6.09 Å². The summed E-state index contributed by atoms with van der Waals surface area (Å²) < 4.78 is 13.4. The first kappa shape index (κ1) is 26.1. The topological polar surface area (TPSA) is 106 Å². The molecule has 208 valence electrons. The van der Waals surface area contributed by atoms with Gasteiger partial charge in [0.2, 0.25) is 0 Å². The van der Waals surface area contributed by atoms with E-state index >= 15 is 0 Å². The summed E-state index contributed by atoms with van der Waals surface area (Å²) in [6.45, 7) is 7.13. The van der Waals surface area contributed by atoms with Gasteiger partial charge in [-0.2, -0.15) is 0 Å². The number of hydrazine groups is 2. The van der Waals surface area contributed by atoms with Gasteiger partial charge >= 0.3 is 6.09 Å². The molecule has 1 amide bonds. The van der Waals surface area contributed by atoms with E-state index in [4.69, 9.17) is 19.4 Å². The molecule has 2 aliphatic heterocycles. The number of hydrogen-bond donors (Lipinski definition) is 3. The molecule has 10 nitrogen and oxygen atoms in total. The van der Waals surface area contributed by atoms with Crippen molar-refractivity contribution in [2.45, 2.75) is 45.8 Å². The Labute approximate surface area is 233 Å². The number of anilines is 1. The number of pyridine rings is 2. The molecule has 3 aromatic heterocycles. The lowest BCUT2D eigenvalue weighted by Gasteiger charge is -2.32. The second kappa shape index (κ2) is 10.8. The molecule has 40 heavy (non-hydrogen) atoms. The van der Waals surface area contributed by atoms with Crippen molar-refractivity contribution in [2.75, 3.05) is 25.6 Å². The van der Waals surface area contributed by atoms with Crippen LogP contribution in [0.5, 0.6) is 0 Å². The van der Waals surface area contributed by atoms with Crippen LogP contribution in [0.15, 0.2) is 60.4 Å². The van der Waals surface area contributed by atoms with Crippen LogP contribution in [0.4, 0.5) is 10.6 Å². The fourth-order valence-electron chi connectivity index (χ4n) is 5.86. The third kappa shape index (κ3) is 4.84. The van der Waals surface area contributed by atoms with Gasteiger partial charge in [0, 0.05) is 37.4 Å². The largest absolute Gasteiger partial charge is 0.447 e. The zero-order valence-corrected chi connectivity index (χ0v) is 23.3. The van der Waals surface area contributed by atoms with Gasteiger partial charge in [0.05, 0.1) is 34.6 Å². The van der Waals surface area contributed by atoms with Gasteiger partial charge in [-0.15, -0.1) is 5.53 Å². The van der Waals surface area contributed by atoms with E-state index in [1.54, 1.807) is 6.07 Å². The molecule has 1 atom stereocenters. The normalized spacial score (nSPS) is 17.1. The number of hydrogen-bond acceptors (Lipinski definition) is 8. The van der Waals surface area contributed by atoms with E-state index in [-0.39, 0.29) is 12.1 Å². The summed E-state index contributed by atoms with van der Waals surface area (Å²) in [7, 11) is 1.98. The van der Waals surface area contributed by atoms with E-state index in [9.17, 15) is 4.79 Å². The second-order valence-corrected chi connectivity index (χ2v) is 10.7. The number of amides is 1. The first-order valence-electron chi connectivity index (χ1n) is 13.8. The molecule has 0 bridgehead atoms. The minimum absolute atomic E-state index is 0.000139. The fraction of sp³-hybridized carbons (Fsp3) is 0.367. The Balaban J connectivity index is 1.59. The molecule has 0 unspecified atom stereocenters. The van der Waals surface area contributed by atoms with Gasteiger partial charge in [0.25, 0.3) is 0 Å². The van der Waals surface area contributed by atoms with E-state index in [2.05, 4.69) is 51.2 Å². The number of nitrogens with one attached hydrogen (secondary N) is 3. The Morgan fingerprint density at radius 2 is 1.93 bits per heavy atom. The molecular formula is C30H35N7O3. The number of fused-ring (bicyclic) bond motifs is 3. The van der Waals surface area contributed by atoms with E-state index in [1.807, 2.05) is 51.2 Å². The highest BCUT2D eigenvalue weighted by atomic mass is 16.6. The highest BCUT2D eigenvalue weighted by molar-refractivity contribution is 6.06. The van der Waals surface area contributed by atoms with Crippen LogP contribution < -0.4 is 16.3 Å². The Hall–Kier alpha value is -4.15. The van der Waals surface area contributed by atoms with E-state index in [1.165, 1.54) is 5.56 Å². The highest BCUT2D eigenvalue weighted by Crippen LogP contribution is 2.40. The summed E-state index contributed by atoms with van der Waals surface area (Å²) in [4.78, 5) is 22.4. The Morgan fingerprint density at radius 3 is 2.62 bits per heavy atom. The molecule has 0 spiro atoms. The molecule has 1 aromatic carbocycles. The minimum atomic E-state index is -0.527. The summed E-state index contributed by atoms with van der Waals surface area (Å²) in [6.07, 6.45) is 3.03. The van der Waals surface area contributed by atoms with Crippen molar-refractivity contribution >= 4 is 39.7 Å². The third-order valence-electron chi connectivity index (χ3n) is 7.57. The third-order valence-corrected chi connectivity index (χ3v) is 7.57. The van der Waals surface area contributed by atoms with Gasteiger partial charge in [0.1, 0.15) is 11.5 Å². The van der Waals surface area contributed by atoms with Gasteiger partial charge in [-0.25, -0.2) is 9.78 Å². The predicted molar refractivity (Wildman–Crippen MR) is 155 cm³/mol. The monoisotopic (exact) mass is 541 g/mol. The quantitative estimate of drug-likeness (QED) is 0.306. The number of carbonyl (C=O) groups excluding carboxylic acids is 1. The standard InChI is InChI=1S/C30H35N7O3/c1-18(2)40-30(38)33-25-11-10-23-26-24(16-22(17-31-26)27-19(3)34-35-36(27)4)37(29(23)32-25)28(20-8-6-5-7-9-20)21-12-14-39-15-13-21/h5-11,16-18,21,28,34-35H,12-15H2,1-4H3,(H,32,33,38)/t28-/m1/s1. The Morgan fingerprint density at radius 1 is 1.15 bits per heavy atom. The minimum Gasteiger partial charge on any atom is -0.447 e. The zero-order valence-electron chi connectivity index (χ0n) is 23.3. The first-order valence-corrected chi connectivity index (χ1v) is 13.8. The van der Waals surface area contributed by atoms with Crippen LogP contribution in [0, 0.1) is 5.92 Å². The molecule has 3 N–H and O–H groups in total. The van der Waals surface area contributed by atoms with Crippen molar-refractivity contribution in [2.24, 2.45) is 5.92 Å². The van der Waals surface area contributed by atoms with Crippen LogP contribution in [-0.2, 0) is 9.47 Å². The van der Waals surface area contributed by atoms with Crippen LogP contribution in [0.2, 0.25) is 0 Å². The molecule has 0 radical (unpaired) electrons. The fourth-order valence-corrected chi connectivity index (χ4v) is 5.86. The van der Waals surface area contributed by atoms with Crippen LogP contribution in [-0.4, -0.2) is 52.0 Å². The molecular weight excluding hydrogens is 506 g/mol. The van der Waals surface area contributed by atoms with Crippen LogP contribution >= 0.6 is 0 Å². The van der Waals surface area contributed by atoms with Gasteiger partial charge in [-0.1, -0.05) is 30.3 Å². The van der Waals surface area contributed by atoms with Crippen molar-refractivity contribution in [3.05, 3.63) is 71.6 Å². The first-order chi connectivity index (χ1) is 19.4. The van der Waals surface area contributed by atoms with Gasteiger partial charge < -0.3 is 19.5 Å². The number of ether oxygens (including phenoxy) is 2. The zero-order chi connectivity index (χ0) is 27.8. The molecule has 4 aromatic rings. The molecule has 1 saturated heterocycles. The second-order valence-electron chi connectivity index (χ2n) is 10.7. The number of benzene rings is 1. The average molecular weight is 542 g/mol. The van der Waals surface area contributed by atoms with Gasteiger partial charge in [0.15, 0.2) is 0 Å². The van der Waals surface area contributed by atoms with Crippen molar-refractivity contribution in [3.63, 3.8) is 0 Å². The maximum absolute atomic E-state index is 12.4. The SMILES string of the molecule is CC1=C(c2cnc3c4ccc(NC(=O)OC(C)C)nc4n([C@H](c4ccccc4)C4CCOCC4)c3c2)N(C)NN1. The Kier molecular flexibility index (Phi) is 7.03.